The Morgan fingerprint density at radius 1 is 1.80 bits per heavy atom. The molecule has 0 fully saturated rings. The van der Waals surface area contributed by atoms with Crippen LogP contribution in [0.1, 0.15) is 26.2 Å². The fourth-order valence-electron chi connectivity index (χ4n) is 0.805. The fourth-order valence-corrected chi connectivity index (χ4v) is 0.805. The number of amides is 1. The summed E-state index contributed by atoms with van der Waals surface area (Å²) in [6.45, 7) is 1.94. The molecule has 0 radical (unpaired) electrons. The Hall–Kier alpha value is -0.970. The summed E-state index contributed by atoms with van der Waals surface area (Å²) in [7, 11) is 0. The van der Waals surface area contributed by atoms with Crippen LogP contribution < -0.4 is 5.73 Å². The Morgan fingerprint density at radius 3 is 2.70 bits per heavy atom. The van der Waals surface area contributed by atoms with E-state index in [-0.39, 0.29) is 11.8 Å². The van der Waals surface area contributed by atoms with Crippen LogP contribution in [0.2, 0.25) is 0 Å². The Labute approximate surface area is 61.8 Å². The molecule has 0 saturated carbocycles. The minimum Gasteiger partial charge on any atom is -0.369 e. The van der Waals surface area contributed by atoms with Gasteiger partial charge >= 0.3 is 0 Å². The van der Waals surface area contributed by atoms with Gasteiger partial charge in [-0.25, -0.2) is 0 Å². The Morgan fingerprint density at radius 2 is 2.40 bits per heavy atom. The molecule has 0 aromatic heterocycles. The monoisotopic (exact) mass is 139 g/mol. The van der Waals surface area contributed by atoms with Crippen LogP contribution >= 0.6 is 0 Å². The molecule has 0 aromatic rings. The number of hydrogen-bond donors (Lipinski definition) is 1. The molecule has 0 aliphatic carbocycles. The zero-order valence-electron chi connectivity index (χ0n) is 6.26. The predicted molar refractivity (Wildman–Crippen MR) is 41.0 cm³/mol. The van der Waals surface area contributed by atoms with Crippen molar-refractivity contribution in [2.45, 2.75) is 26.2 Å². The molecule has 0 aromatic carbocycles. The van der Waals surface area contributed by atoms with E-state index in [1.807, 2.05) is 6.92 Å². The zero-order valence-corrected chi connectivity index (χ0v) is 6.26. The topological polar surface area (TPSA) is 43.1 Å². The van der Waals surface area contributed by atoms with E-state index in [1.54, 1.807) is 0 Å². The van der Waals surface area contributed by atoms with Crippen LogP contribution in [-0.2, 0) is 4.79 Å². The minimum absolute atomic E-state index is 0.0314. The molecule has 2 nitrogen and oxygen atoms in total. The summed E-state index contributed by atoms with van der Waals surface area (Å²) >= 11 is 0. The minimum atomic E-state index is -0.238. The second kappa shape index (κ2) is 4.87. The molecule has 0 rings (SSSR count). The van der Waals surface area contributed by atoms with Gasteiger partial charge in [0.05, 0.1) is 0 Å². The van der Waals surface area contributed by atoms with E-state index in [4.69, 9.17) is 12.2 Å². The summed E-state index contributed by atoms with van der Waals surface area (Å²) in [5, 5.41) is 0. The van der Waals surface area contributed by atoms with Crippen molar-refractivity contribution in [2.75, 3.05) is 0 Å². The lowest BCUT2D eigenvalue weighted by Crippen LogP contribution is -2.22. The van der Waals surface area contributed by atoms with Gasteiger partial charge in [0.15, 0.2) is 0 Å². The first-order chi connectivity index (χ1) is 4.72. The van der Waals surface area contributed by atoms with Crippen molar-refractivity contribution >= 4 is 5.91 Å². The Kier molecular flexibility index (Phi) is 4.39. The SMILES string of the molecule is C#CCCC(CC)C(N)=O. The van der Waals surface area contributed by atoms with E-state index < -0.39 is 0 Å². The number of carbonyl (C=O) groups excluding carboxylic acids is 1. The second-order valence-corrected chi connectivity index (χ2v) is 2.25. The highest BCUT2D eigenvalue weighted by Gasteiger charge is 2.10. The van der Waals surface area contributed by atoms with Crippen LogP contribution in [0.15, 0.2) is 0 Å². The van der Waals surface area contributed by atoms with Gasteiger partial charge in [0, 0.05) is 12.3 Å². The van der Waals surface area contributed by atoms with Gasteiger partial charge in [-0.2, -0.15) is 0 Å². The standard InChI is InChI=1S/C8H13NO/c1-3-5-6-7(4-2)8(9)10/h1,7H,4-6H2,2H3,(H2,9,10). The molecule has 0 aliphatic heterocycles. The van der Waals surface area contributed by atoms with E-state index in [2.05, 4.69) is 5.92 Å². The highest BCUT2D eigenvalue weighted by molar-refractivity contribution is 5.76. The van der Waals surface area contributed by atoms with Gasteiger partial charge in [0.25, 0.3) is 0 Å². The smallest absolute Gasteiger partial charge is 0.220 e. The van der Waals surface area contributed by atoms with Crippen molar-refractivity contribution in [2.24, 2.45) is 11.7 Å². The largest absolute Gasteiger partial charge is 0.369 e. The maximum absolute atomic E-state index is 10.6. The van der Waals surface area contributed by atoms with Gasteiger partial charge in [-0.1, -0.05) is 6.92 Å². The lowest BCUT2D eigenvalue weighted by Gasteiger charge is -2.06. The third-order valence-corrected chi connectivity index (χ3v) is 1.53. The van der Waals surface area contributed by atoms with Crippen molar-refractivity contribution < 1.29 is 4.79 Å². The molecule has 0 spiro atoms. The average Bonchev–Trinajstić information content (AvgIpc) is 1.89. The quantitative estimate of drug-likeness (QED) is 0.578. The highest BCUT2D eigenvalue weighted by atomic mass is 16.1. The predicted octanol–water partition coefficient (Wildman–Crippen LogP) is 0.911. The van der Waals surface area contributed by atoms with Crippen molar-refractivity contribution in [1.29, 1.82) is 0 Å². The summed E-state index contributed by atoms with van der Waals surface area (Å²) in [6.07, 6.45) is 7.18. The van der Waals surface area contributed by atoms with Gasteiger partial charge in [-0.05, 0) is 12.8 Å². The molecule has 1 unspecified atom stereocenters. The van der Waals surface area contributed by atoms with Gasteiger partial charge in [0.1, 0.15) is 0 Å². The van der Waals surface area contributed by atoms with E-state index >= 15 is 0 Å². The van der Waals surface area contributed by atoms with Crippen molar-refractivity contribution in [1.82, 2.24) is 0 Å². The number of carbonyl (C=O) groups is 1. The van der Waals surface area contributed by atoms with E-state index in [0.717, 1.165) is 12.8 Å². The summed E-state index contributed by atoms with van der Waals surface area (Å²) < 4.78 is 0. The lowest BCUT2D eigenvalue weighted by atomic mass is 10.0. The van der Waals surface area contributed by atoms with Gasteiger partial charge in [0.2, 0.25) is 5.91 Å². The van der Waals surface area contributed by atoms with Crippen molar-refractivity contribution in [3.05, 3.63) is 0 Å². The van der Waals surface area contributed by atoms with Gasteiger partial charge in [-0.15, -0.1) is 12.3 Å². The molecule has 0 bridgehead atoms. The Bertz CT molecular complexity index is 146. The van der Waals surface area contributed by atoms with Crippen LogP contribution in [0, 0.1) is 18.3 Å². The highest BCUT2D eigenvalue weighted by Crippen LogP contribution is 2.08. The normalized spacial score (nSPS) is 12.0. The molecule has 1 amide bonds. The van der Waals surface area contributed by atoms with E-state index in [0.29, 0.717) is 6.42 Å². The molecule has 2 N–H and O–H groups in total. The number of nitrogens with two attached hydrogens (primary N) is 1. The lowest BCUT2D eigenvalue weighted by molar-refractivity contribution is -0.122. The maximum Gasteiger partial charge on any atom is 0.220 e. The number of rotatable bonds is 4. The van der Waals surface area contributed by atoms with E-state index in [1.165, 1.54) is 0 Å². The van der Waals surface area contributed by atoms with Gasteiger partial charge < -0.3 is 5.73 Å². The van der Waals surface area contributed by atoms with Crippen LogP contribution in [0.25, 0.3) is 0 Å². The summed E-state index contributed by atoms with van der Waals surface area (Å²) in [6, 6.07) is 0. The van der Waals surface area contributed by atoms with Crippen LogP contribution in [0.3, 0.4) is 0 Å². The zero-order chi connectivity index (χ0) is 7.98. The molecule has 56 valence electrons. The molecule has 2 heteroatoms. The van der Waals surface area contributed by atoms with E-state index in [9.17, 15) is 4.79 Å². The van der Waals surface area contributed by atoms with Crippen LogP contribution in [0.5, 0.6) is 0 Å². The summed E-state index contributed by atoms with van der Waals surface area (Å²) in [4.78, 5) is 10.6. The fraction of sp³-hybridized carbons (Fsp3) is 0.625. The molecule has 0 heterocycles. The van der Waals surface area contributed by atoms with Crippen LogP contribution in [-0.4, -0.2) is 5.91 Å². The third-order valence-electron chi connectivity index (χ3n) is 1.53. The number of hydrogen-bond acceptors (Lipinski definition) is 1. The molecule has 1 atom stereocenters. The first-order valence-electron chi connectivity index (χ1n) is 3.45. The molecular formula is C8H13NO. The maximum atomic E-state index is 10.6. The van der Waals surface area contributed by atoms with Gasteiger partial charge in [-0.3, -0.25) is 4.79 Å². The molecule has 0 saturated heterocycles. The first-order valence-corrected chi connectivity index (χ1v) is 3.45. The Balaban J connectivity index is 3.63. The summed E-state index contributed by atoms with van der Waals surface area (Å²) in [5.74, 6) is 2.21. The molecular weight excluding hydrogens is 126 g/mol. The van der Waals surface area contributed by atoms with Crippen LogP contribution in [0.4, 0.5) is 0 Å². The molecule has 10 heavy (non-hydrogen) atoms. The summed E-state index contributed by atoms with van der Waals surface area (Å²) in [5.41, 5.74) is 5.08. The van der Waals surface area contributed by atoms with Crippen molar-refractivity contribution in [3.63, 3.8) is 0 Å². The molecule has 0 aliphatic rings. The number of primary amides is 1. The third kappa shape index (κ3) is 3.13. The second-order valence-electron chi connectivity index (χ2n) is 2.25. The number of terminal acetylenes is 1. The first kappa shape index (κ1) is 9.03. The average molecular weight is 139 g/mol. The van der Waals surface area contributed by atoms with Crippen molar-refractivity contribution in [3.8, 4) is 12.3 Å².